The zero-order chi connectivity index (χ0) is 25.8. The first-order valence-electron chi connectivity index (χ1n) is 12.2. The van der Waals surface area contributed by atoms with Crippen molar-refractivity contribution in [1.82, 2.24) is 10.2 Å². The SMILES string of the molecule is CC(C)C(=O)Nc1ccc2c(c1)C(=O)N(C)[C@@H]1CC[C@@H](CC(=O)NCc3ccc(F)cc3)O[C@@H]1CO2. The van der Waals surface area contributed by atoms with Gasteiger partial charge in [-0.15, -0.1) is 0 Å². The lowest BCUT2D eigenvalue weighted by molar-refractivity contribution is -0.134. The van der Waals surface area contributed by atoms with Gasteiger partial charge in [0.15, 0.2) is 0 Å². The Morgan fingerprint density at radius 1 is 1.14 bits per heavy atom. The van der Waals surface area contributed by atoms with Gasteiger partial charge in [0.2, 0.25) is 11.8 Å². The molecule has 0 spiro atoms. The van der Waals surface area contributed by atoms with Crippen molar-refractivity contribution < 1.29 is 28.2 Å². The van der Waals surface area contributed by atoms with Crippen LogP contribution in [-0.4, -0.2) is 54.5 Å². The Morgan fingerprint density at radius 3 is 2.61 bits per heavy atom. The van der Waals surface area contributed by atoms with Gasteiger partial charge in [0.05, 0.1) is 24.1 Å². The van der Waals surface area contributed by atoms with Crippen LogP contribution in [0.4, 0.5) is 10.1 Å². The Balaban J connectivity index is 1.38. The Kier molecular flexibility index (Phi) is 7.88. The maximum Gasteiger partial charge on any atom is 0.257 e. The highest BCUT2D eigenvalue weighted by molar-refractivity contribution is 6.00. The second kappa shape index (κ2) is 11.1. The molecule has 0 aliphatic carbocycles. The lowest BCUT2D eigenvalue weighted by Gasteiger charge is -2.42. The molecule has 0 saturated carbocycles. The third kappa shape index (κ3) is 6.02. The van der Waals surface area contributed by atoms with Gasteiger partial charge < -0.3 is 25.0 Å². The fraction of sp³-hybridized carbons (Fsp3) is 0.444. The molecular formula is C27H32FN3O5. The highest BCUT2D eigenvalue weighted by Crippen LogP contribution is 2.32. The number of carbonyl (C=O) groups excluding carboxylic acids is 3. The van der Waals surface area contributed by atoms with Crippen molar-refractivity contribution >= 4 is 23.4 Å². The van der Waals surface area contributed by atoms with E-state index in [1.165, 1.54) is 12.1 Å². The first-order chi connectivity index (χ1) is 17.2. The Morgan fingerprint density at radius 2 is 1.89 bits per heavy atom. The Hall–Kier alpha value is -3.46. The van der Waals surface area contributed by atoms with Crippen molar-refractivity contribution in [3.63, 3.8) is 0 Å². The van der Waals surface area contributed by atoms with Gasteiger partial charge in [-0.2, -0.15) is 0 Å². The number of rotatable bonds is 6. The molecule has 2 aromatic carbocycles. The van der Waals surface area contributed by atoms with Crippen molar-refractivity contribution in [2.45, 2.75) is 57.9 Å². The molecule has 4 rings (SSSR count). The quantitative estimate of drug-likeness (QED) is 0.637. The van der Waals surface area contributed by atoms with Crippen LogP contribution in [0.2, 0.25) is 0 Å². The van der Waals surface area contributed by atoms with Gasteiger partial charge in [0, 0.05) is 25.2 Å². The van der Waals surface area contributed by atoms with Crippen LogP contribution >= 0.6 is 0 Å². The van der Waals surface area contributed by atoms with E-state index in [1.807, 2.05) is 0 Å². The summed E-state index contributed by atoms with van der Waals surface area (Å²) in [5.74, 6) is -0.563. The summed E-state index contributed by atoms with van der Waals surface area (Å²) in [6.07, 6.45) is 0.818. The highest BCUT2D eigenvalue weighted by Gasteiger charge is 2.39. The van der Waals surface area contributed by atoms with Crippen LogP contribution < -0.4 is 15.4 Å². The number of ether oxygens (including phenoxy) is 2. The molecule has 0 unspecified atom stereocenters. The molecule has 1 fully saturated rings. The average molecular weight is 498 g/mol. The minimum Gasteiger partial charge on any atom is -0.490 e. The van der Waals surface area contributed by atoms with Gasteiger partial charge in [-0.05, 0) is 48.7 Å². The summed E-state index contributed by atoms with van der Waals surface area (Å²) >= 11 is 0. The molecule has 9 heteroatoms. The molecule has 1 saturated heterocycles. The normalized spacial score (nSPS) is 21.5. The molecule has 36 heavy (non-hydrogen) atoms. The molecule has 2 aliphatic heterocycles. The standard InChI is InChI=1S/C27H32FN3O5/c1-16(2)26(33)30-19-8-11-23-21(12-19)27(34)31(3)22-10-9-20(36-24(22)15-35-23)13-25(32)29-14-17-4-6-18(28)7-5-17/h4-8,11-12,16,20,22,24H,9-10,13-15H2,1-3H3,(H,29,32)(H,30,33)/t20-,22+,24+/m0/s1. The molecule has 2 N–H and O–H groups in total. The van der Waals surface area contributed by atoms with E-state index >= 15 is 0 Å². The van der Waals surface area contributed by atoms with Crippen LogP contribution in [0, 0.1) is 11.7 Å². The smallest absolute Gasteiger partial charge is 0.257 e. The van der Waals surface area contributed by atoms with E-state index in [4.69, 9.17) is 9.47 Å². The number of hydrogen-bond acceptors (Lipinski definition) is 5. The number of nitrogens with one attached hydrogen (secondary N) is 2. The number of benzene rings is 2. The van der Waals surface area contributed by atoms with Crippen LogP contribution in [0.5, 0.6) is 5.75 Å². The number of halogens is 1. The number of amides is 3. The van der Waals surface area contributed by atoms with Crippen LogP contribution in [0.25, 0.3) is 0 Å². The summed E-state index contributed by atoms with van der Waals surface area (Å²) in [6, 6.07) is 10.8. The third-order valence-electron chi connectivity index (χ3n) is 6.62. The lowest BCUT2D eigenvalue weighted by Crippen LogP contribution is -2.53. The summed E-state index contributed by atoms with van der Waals surface area (Å²) in [7, 11) is 1.74. The molecule has 3 amide bonds. The van der Waals surface area contributed by atoms with Gasteiger partial charge >= 0.3 is 0 Å². The monoisotopic (exact) mass is 497 g/mol. The van der Waals surface area contributed by atoms with Gasteiger partial charge in [-0.25, -0.2) is 4.39 Å². The van der Waals surface area contributed by atoms with E-state index in [9.17, 15) is 18.8 Å². The number of anilines is 1. The molecule has 0 aromatic heterocycles. The van der Waals surface area contributed by atoms with Gasteiger partial charge in [-0.1, -0.05) is 26.0 Å². The number of carbonyl (C=O) groups is 3. The fourth-order valence-electron chi connectivity index (χ4n) is 4.47. The lowest BCUT2D eigenvalue weighted by atomic mass is 9.94. The average Bonchev–Trinajstić information content (AvgIpc) is 2.86. The summed E-state index contributed by atoms with van der Waals surface area (Å²) in [5, 5.41) is 5.67. The highest BCUT2D eigenvalue weighted by atomic mass is 19.1. The predicted octanol–water partition coefficient (Wildman–Crippen LogP) is 3.51. The van der Waals surface area contributed by atoms with Gasteiger partial charge in [-0.3, -0.25) is 14.4 Å². The van der Waals surface area contributed by atoms with Crippen LogP contribution in [0.15, 0.2) is 42.5 Å². The molecule has 2 aromatic rings. The van der Waals surface area contributed by atoms with Crippen LogP contribution in [0.3, 0.4) is 0 Å². The Bertz CT molecular complexity index is 1120. The van der Waals surface area contributed by atoms with Crippen LogP contribution in [-0.2, 0) is 20.9 Å². The third-order valence-corrected chi connectivity index (χ3v) is 6.62. The van der Waals surface area contributed by atoms with Crippen molar-refractivity contribution in [3.8, 4) is 5.75 Å². The molecule has 2 heterocycles. The molecule has 0 bridgehead atoms. The maximum atomic E-state index is 13.3. The summed E-state index contributed by atoms with van der Waals surface area (Å²) in [5.41, 5.74) is 1.75. The molecular weight excluding hydrogens is 465 g/mol. The fourth-order valence-corrected chi connectivity index (χ4v) is 4.47. The van der Waals surface area contributed by atoms with Gasteiger partial charge in [0.25, 0.3) is 5.91 Å². The number of nitrogens with zero attached hydrogens (tertiary/aromatic N) is 1. The van der Waals surface area contributed by atoms with E-state index in [1.54, 1.807) is 56.1 Å². The van der Waals surface area contributed by atoms with E-state index in [2.05, 4.69) is 10.6 Å². The zero-order valence-electron chi connectivity index (χ0n) is 20.8. The minimum atomic E-state index is -0.379. The minimum absolute atomic E-state index is 0.129. The summed E-state index contributed by atoms with van der Waals surface area (Å²) < 4.78 is 25.2. The summed E-state index contributed by atoms with van der Waals surface area (Å²) in [6.45, 7) is 4.16. The maximum absolute atomic E-state index is 13.3. The topological polar surface area (TPSA) is 97.0 Å². The van der Waals surface area contributed by atoms with Crippen molar-refractivity contribution in [2.75, 3.05) is 19.0 Å². The van der Waals surface area contributed by atoms with Crippen molar-refractivity contribution in [3.05, 3.63) is 59.4 Å². The molecule has 8 nitrogen and oxygen atoms in total. The second-order valence-electron chi connectivity index (χ2n) is 9.63. The molecule has 3 atom stereocenters. The van der Waals surface area contributed by atoms with E-state index in [0.717, 1.165) is 5.56 Å². The predicted molar refractivity (Wildman–Crippen MR) is 132 cm³/mol. The van der Waals surface area contributed by atoms with Crippen molar-refractivity contribution in [2.24, 2.45) is 5.92 Å². The largest absolute Gasteiger partial charge is 0.490 e. The number of fused-ring (bicyclic) bond motifs is 2. The second-order valence-corrected chi connectivity index (χ2v) is 9.63. The van der Waals surface area contributed by atoms with E-state index in [-0.39, 0.29) is 60.7 Å². The molecule has 192 valence electrons. The van der Waals surface area contributed by atoms with Gasteiger partial charge in [0.1, 0.15) is 24.3 Å². The summed E-state index contributed by atoms with van der Waals surface area (Å²) in [4.78, 5) is 39.5. The number of likely N-dealkylation sites (N-methyl/N-ethyl adjacent to an activating group) is 1. The van der Waals surface area contributed by atoms with Crippen LogP contribution in [0.1, 0.15) is 49.0 Å². The van der Waals surface area contributed by atoms with Crippen molar-refractivity contribution in [1.29, 1.82) is 0 Å². The molecule has 2 aliphatic rings. The first-order valence-corrected chi connectivity index (χ1v) is 12.2. The number of hydrogen-bond donors (Lipinski definition) is 2. The van der Waals surface area contributed by atoms with E-state index in [0.29, 0.717) is 36.4 Å². The first kappa shape index (κ1) is 25.6. The zero-order valence-corrected chi connectivity index (χ0v) is 20.8. The molecule has 0 radical (unpaired) electrons. The Labute approximate surface area is 210 Å². The van der Waals surface area contributed by atoms with E-state index < -0.39 is 0 Å².